The van der Waals surface area contributed by atoms with Gasteiger partial charge in [0.05, 0.1) is 18.8 Å². The maximum atomic E-state index is 12.4. The Hall–Kier alpha value is -2.11. The number of ether oxygens (including phenoxy) is 1. The van der Waals surface area contributed by atoms with Gasteiger partial charge in [-0.1, -0.05) is 19.4 Å². The normalized spacial score (nSPS) is 23.3. The topological polar surface area (TPSA) is 62.7 Å². The van der Waals surface area contributed by atoms with E-state index in [1.54, 1.807) is 6.20 Å². The number of amides is 2. The van der Waals surface area contributed by atoms with Crippen molar-refractivity contribution in [3.05, 3.63) is 30.1 Å². The Balaban J connectivity index is 1.62. The molecule has 0 N–H and O–H groups in total. The third kappa shape index (κ3) is 4.54. The Bertz CT molecular complexity index is 622. The van der Waals surface area contributed by atoms with Crippen LogP contribution < -0.4 is 0 Å². The first kappa shape index (κ1) is 18.7. The standard InChI is InChI=1S/C20H29N3O3/c1-2-3-13-26-19(25)22-12-6-9-20(15-22)10-8-18(24)23(16-20)14-17-7-4-5-11-21-17/h4-5,7,11H,2-3,6,8-10,12-16H2,1H3. The number of rotatable bonds is 5. The Kier molecular flexibility index (Phi) is 6.12. The van der Waals surface area contributed by atoms with Crippen LogP contribution in [0.15, 0.2) is 24.4 Å². The molecule has 3 heterocycles. The number of unbranched alkanes of at least 4 members (excludes halogenated alkanes) is 1. The lowest BCUT2D eigenvalue weighted by molar-refractivity contribution is -0.140. The Labute approximate surface area is 155 Å². The molecule has 0 bridgehead atoms. The summed E-state index contributed by atoms with van der Waals surface area (Å²) in [5.41, 5.74) is 0.898. The number of pyridine rings is 1. The molecule has 1 spiro atoms. The summed E-state index contributed by atoms with van der Waals surface area (Å²) in [7, 11) is 0. The molecule has 6 heteroatoms. The highest BCUT2D eigenvalue weighted by Gasteiger charge is 2.43. The van der Waals surface area contributed by atoms with Crippen LogP contribution in [0, 0.1) is 5.41 Å². The summed E-state index contributed by atoms with van der Waals surface area (Å²) >= 11 is 0. The predicted molar refractivity (Wildman–Crippen MR) is 98.4 cm³/mol. The van der Waals surface area contributed by atoms with E-state index in [-0.39, 0.29) is 17.4 Å². The average Bonchev–Trinajstić information content (AvgIpc) is 2.66. The van der Waals surface area contributed by atoms with Crippen LogP contribution in [0.25, 0.3) is 0 Å². The van der Waals surface area contributed by atoms with E-state index in [2.05, 4.69) is 11.9 Å². The maximum absolute atomic E-state index is 12.4. The summed E-state index contributed by atoms with van der Waals surface area (Å²) in [6, 6.07) is 5.78. The molecule has 0 aliphatic carbocycles. The lowest BCUT2D eigenvalue weighted by Crippen LogP contribution is -2.55. The second kappa shape index (κ2) is 8.52. The summed E-state index contributed by atoms with van der Waals surface area (Å²) in [4.78, 5) is 32.9. The number of hydrogen-bond acceptors (Lipinski definition) is 4. The molecule has 26 heavy (non-hydrogen) atoms. The van der Waals surface area contributed by atoms with E-state index in [0.29, 0.717) is 32.7 Å². The van der Waals surface area contributed by atoms with E-state index in [1.807, 2.05) is 28.0 Å². The molecule has 2 fully saturated rings. The molecule has 0 radical (unpaired) electrons. The Morgan fingerprint density at radius 3 is 2.96 bits per heavy atom. The van der Waals surface area contributed by atoms with Crippen molar-refractivity contribution in [2.75, 3.05) is 26.2 Å². The molecule has 6 nitrogen and oxygen atoms in total. The van der Waals surface area contributed by atoms with Gasteiger partial charge in [-0.2, -0.15) is 0 Å². The Morgan fingerprint density at radius 1 is 1.31 bits per heavy atom. The van der Waals surface area contributed by atoms with Gasteiger partial charge in [-0.05, 0) is 37.8 Å². The van der Waals surface area contributed by atoms with Crippen LogP contribution in [0.1, 0.15) is 51.1 Å². The molecule has 1 unspecified atom stereocenters. The van der Waals surface area contributed by atoms with Crippen molar-refractivity contribution < 1.29 is 14.3 Å². The zero-order valence-electron chi connectivity index (χ0n) is 15.7. The summed E-state index contributed by atoms with van der Waals surface area (Å²) in [5, 5.41) is 0. The number of likely N-dealkylation sites (tertiary alicyclic amines) is 2. The van der Waals surface area contributed by atoms with E-state index in [4.69, 9.17) is 4.74 Å². The van der Waals surface area contributed by atoms with E-state index < -0.39 is 0 Å². The summed E-state index contributed by atoms with van der Waals surface area (Å²) in [5.74, 6) is 0.184. The van der Waals surface area contributed by atoms with Crippen LogP contribution in [0.4, 0.5) is 4.79 Å². The lowest BCUT2D eigenvalue weighted by Gasteiger charge is -2.47. The molecular formula is C20H29N3O3. The molecule has 2 aliphatic heterocycles. The number of aromatic nitrogens is 1. The van der Waals surface area contributed by atoms with Gasteiger partial charge in [0, 0.05) is 37.7 Å². The summed E-state index contributed by atoms with van der Waals surface area (Å²) in [6.45, 7) is 5.25. The minimum atomic E-state index is -0.203. The van der Waals surface area contributed by atoms with Gasteiger partial charge in [0.1, 0.15) is 0 Å². The zero-order valence-corrected chi connectivity index (χ0v) is 15.7. The first-order valence-electron chi connectivity index (χ1n) is 9.71. The second-order valence-electron chi connectivity index (χ2n) is 7.56. The highest BCUT2D eigenvalue weighted by atomic mass is 16.6. The van der Waals surface area contributed by atoms with Crippen molar-refractivity contribution in [3.63, 3.8) is 0 Å². The molecule has 2 saturated heterocycles. The van der Waals surface area contributed by atoms with Crippen molar-refractivity contribution in [3.8, 4) is 0 Å². The quantitative estimate of drug-likeness (QED) is 0.757. The van der Waals surface area contributed by atoms with Crippen molar-refractivity contribution in [1.82, 2.24) is 14.8 Å². The van der Waals surface area contributed by atoms with Gasteiger partial charge < -0.3 is 14.5 Å². The van der Waals surface area contributed by atoms with Gasteiger partial charge in [0.2, 0.25) is 5.91 Å². The average molecular weight is 359 g/mol. The van der Waals surface area contributed by atoms with E-state index in [1.165, 1.54) is 0 Å². The number of piperidine rings is 2. The summed E-state index contributed by atoms with van der Waals surface area (Å²) < 4.78 is 5.40. The SMILES string of the molecule is CCCCOC(=O)N1CCCC2(CCC(=O)N(Cc3ccccn3)C2)C1. The van der Waals surface area contributed by atoms with Gasteiger partial charge in [-0.3, -0.25) is 9.78 Å². The molecule has 1 atom stereocenters. The first-order valence-corrected chi connectivity index (χ1v) is 9.71. The second-order valence-corrected chi connectivity index (χ2v) is 7.56. The van der Waals surface area contributed by atoms with Crippen LogP contribution in [-0.4, -0.2) is 53.0 Å². The maximum Gasteiger partial charge on any atom is 0.409 e. The molecule has 2 aliphatic rings. The number of hydrogen-bond donors (Lipinski definition) is 0. The smallest absolute Gasteiger partial charge is 0.409 e. The summed E-state index contributed by atoms with van der Waals surface area (Å²) in [6.07, 6.45) is 6.89. The van der Waals surface area contributed by atoms with Gasteiger partial charge >= 0.3 is 6.09 Å². The van der Waals surface area contributed by atoms with Crippen molar-refractivity contribution >= 4 is 12.0 Å². The van der Waals surface area contributed by atoms with Crippen LogP contribution >= 0.6 is 0 Å². The van der Waals surface area contributed by atoms with E-state index >= 15 is 0 Å². The molecule has 3 rings (SSSR count). The van der Waals surface area contributed by atoms with Crippen molar-refractivity contribution in [2.45, 2.75) is 52.0 Å². The molecule has 1 aromatic heterocycles. The molecular weight excluding hydrogens is 330 g/mol. The van der Waals surface area contributed by atoms with Gasteiger partial charge in [0.25, 0.3) is 0 Å². The molecule has 142 valence electrons. The number of carbonyl (C=O) groups is 2. The number of nitrogens with zero attached hydrogens (tertiary/aromatic N) is 3. The fourth-order valence-electron chi connectivity index (χ4n) is 4.03. The number of carbonyl (C=O) groups excluding carboxylic acids is 2. The molecule has 0 aromatic carbocycles. The van der Waals surface area contributed by atoms with E-state index in [0.717, 1.165) is 44.3 Å². The predicted octanol–water partition coefficient (Wildman–Crippen LogP) is 3.22. The third-order valence-corrected chi connectivity index (χ3v) is 5.47. The first-order chi connectivity index (χ1) is 12.6. The van der Waals surface area contributed by atoms with Gasteiger partial charge in [-0.25, -0.2) is 4.79 Å². The van der Waals surface area contributed by atoms with Crippen LogP contribution in [0.2, 0.25) is 0 Å². The lowest BCUT2D eigenvalue weighted by atomic mass is 9.73. The highest BCUT2D eigenvalue weighted by molar-refractivity contribution is 5.77. The molecule has 2 amide bonds. The van der Waals surface area contributed by atoms with Crippen LogP contribution in [0.5, 0.6) is 0 Å². The molecule has 1 aromatic rings. The van der Waals surface area contributed by atoms with Crippen molar-refractivity contribution in [2.24, 2.45) is 5.41 Å². The van der Waals surface area contributed by atoms with Crippen LogP contribution in [-0.2, 0) is 16.1 Å². The monoisotopic (exact) mass is 359 g/mol. The minimum absolute atomic E-state index is 0.00921. The van der Waals surface area contributed by atoms with Crippen molar-refractivity contribution in [1.29, 1.82) is 0 Å². The van der Waals surface area contributed by atoms with E-state index in [9.17, 15) is 9.59 Å². The minimum Gasteiger partial charge on any atom is -0.449 e. The largest absolute Gasteiger partial charge is 0.449 e. The Morgan fingerprint density at radius 2 is 2.19 bits per heavy atom. The molecule has 0 saturated carbocycles. The van der Waals surface area contributed by atoms with Crippen LogP contribution in [0.3, 0.4) is 0 Å². The fraction of sp³-hybridized carbons (Fsp3) is 0.650. The fourth-order valence-corrected chi connectivity index (χ4v) is 4.03. The highest BCUT2D eigenvalue weighted by Crippen LogP contribution is 2.39. The van der Waals surface area contributed by atoms with Gasteiger partial charge in [0.15, 0.2) is 0 Å². The third-order valence-electron chi connectivity index (χ3n) is 5.47. The van der Waals surface area contributed by atoms with Gasteiger partial charge in [-0.15, -0.1) is 0 Å². The zero-order chi connectivity index (χ0) is 18.4.